The minimum Gasteiger partial charge on any atom is -0.478 e. The Bertz CT molecular complexity index is 712. The Morgan fingerprint density at radius 1 is 1.05 bits per heavy atom. The SMILES string of the molecule is Cc1cc(F)c(F)cc1C(=O)Nc1ccc(C(=O)O)cc1. The largest absolute Gasteiger partial charge is 0.478 e. The van der Waals surface area contributed by atoms with Gasteiger partial charge in [0.15, 0.2) is 11.6 Å². The predicted octanol–water partition coefficient (Wildman–Crippen LogP) is 3.22. The summed E-state index contributed by atoms with van der Waals surface area (Å²) in [6.07, 6.45) is 0. The maximum atomic E-state index is 13.2. The van der Waals surface area contributed by atoms with Gasteiger partial charge in [-0.3, -0.25) is 4.79 Å². The van der Waals surface area contributed by atoms with Gasteiger partial charge in [-0.1, -0.05) is 0 Å². The molecule has 1 amide bonds. The highest BCUT2D eigenvalue weighted by atomic mass is 19.2. The Balaban J connectivity index is 2.22. The van der Waals surface area contributed by atoms with E-state index in [4.69, 9.17) is 5.11 Å². The van der Waals surface area contributed by atoms with E-state index in [9.17, 15) is 18.4 Å². The van der Waals surface area contributed by atoms with E-state index in [0.717, 1.165) is 12.1 Å². The molecular weight excluding hydrogens is 280 g/mol. The summed E-state index contributed by atoms with van der Waals surface area (Å²) in [4.78, 5) is 22.7. The van der Waals surface area contributed by atoms with Crippen LogP contribution in [-0.4, -0.2) is 17.0 Å². The molecule has 2 N–H and O–H groups in total. The Hall–Kier alpha value is -2.76. The smallest absolute Gasteiger partial charge is 0.335 e. The van der Waals surface area contributed by atoms with Crippen molar-refractivity contribution in [2.75, 3.05) is 5.32 Å². The van der Waals surface area contributed by atoms with Crippen LogP contribution in [0.15, 0.2) is 36.4 Å². The van der Waals surface area contributed by atoms with Crippen LogP contribution in [0.2, 0.25) is 0 Å². The van der Waals surface area contributed by atoms with E-state index in [1.54, 1.807) is 0 Å². The monoisotopic (exact) mass is 291 g/mol. The molecular formula is C15H11F2NO3. The topological polar surface area (TPSA) is 66.4 Å². The van der Waals surface area contributed by atoms with Gasteiger partial charge in [0.2, 0.25) is 0 Å². The van der Waals surface area contributed by atoms with Crippen LogP contribution in [0.5, 0.6) is 0 Å². The van der Waals surface area contributed by atoms with Crippen molar-refractivity contribution >= 4 is 17.6 Å². The molecule has 0 heterocycles. The summed E-state index contributed by atoms with van der Waals surface area (Å²) in [5.41, 5.74) is 0.746. The van der Waals surface area contributed by atoms with Gasteiger partial charge in [0.25, 0.3) is 5.91 Å². The molecule has 0 fully saturated rings. The molecule has 0 saturated heterocycles. The zero-order valence-corrected chi connectivity index (χ0v) is 11.0. The molecule has 0 aliphatic rings. The van der Waals surface area contributed by atoms with Crippen molar-refractivity contribution in [1.82, 2.24) is 0 Å². The highest BCUT2D eigenvalue weighted by Gasteiger charge is 2.14. The number of benzene rings is 2. The van der Waals surface area contributed by atoms with Crippen LogP contribution in [0.25, 0.3) is 0 Å². The number of hydrogen-bond donors (Lipinski definition) is 2. The van der Waals surface area contributed by atoms with Crippen molar-refractivity contribution in [3.63, 3.8) is 0 Å². The van der Waals surface area contributed by atoms with Crippen LogP contribution < -0.4 is 5.32 Å². The van der Waals surface area contributed by atoms with Gasteiger partial charge in [-0.2, -0.15) is 0 Å². The number of carboxylic acid groups (broad SMARTS) is 1. The van der Waals surface area contributed by atoms with E-state index >= 15 is 0 Å². The average Bonchev–Trinajstić information content (AvgIpc) is 2.43. The van der Waals surface area contributed by atoms with Gasteiger partial charge in [0.05, 0.1) is 5.56 Å². The minimum atomic E-state index is -1.10. The van der Waals surface area contributed by atoms with Crippen molar-refractivity contribution in [3.05, 3.63) is 64.7 Å². The number of aryl methyl sites for hydroxylation is 1. The Morgan fingerprint density at radius 2 is 1.62 bits per heavy atom. The molecule has 0 aliphatic carbocycles. The van der Waals surface area contributed by atoms with Crippen LogP contribution in [0.4, 0.5) is 14.5 Å². The van der Waals surface area contributed by atoms with Crippen LogP contribution in [0, 0.1) is 18.6 Å². The lowest BCUT2D eigenvalue weighted by atomic mass is 10.1. The van der Waals surface area contributed by atoms with Crippen LogP contribution in [-0.2, 0) is 0 Å². The first kappa shape index (κ1) is 14.6. The number of rotatable bonds is 3. The van der Waals surface area contributed by atoms with Gasteiger partial charge in [-0.15, -0.1) is 0 Å². The van der Waals surface area contributed by atoms with E-state index in [2.05, 4.69) is 5.32 Å². The maximum absolute atomic E-state index is 13.2. The molecule has 0 saturated carbocycles. The number of aromatic carboxylic acids is 1. The van der Waals surface area contributed by atoms with E-state index in [-0.39, 0.29) is 11.1 Å². The van der Waals surface area contributed by atoms with Crippen LogP contribution >= 0.6 is 0 Å². The third-order valence-electron chi connectivity index (χ3n) is 2.90. The lowest BCUT2D eigenvalue weighted by Gasteiger charge is -2.08. The summed E-state index contributed by atoms with van der Waals surface area (Å²) in [5, 5.41) is 11.3. The number of halogens is 2. The van der Waals surface area contributed by atoms with Gasteiger partial charge in [0, 0.05) is 11.3 Å². The molecule has 108 valence electrons. The highest BCUT2D eigenvalue weighted by molar-refractivity contribution is 6.05. The van der Waals surface area contributed by atoms with Gasteiger partial charge in [-0.05, 0) is 48.9 Å². The molecule has 4 nitrogen and oxygen atoms in total. The molecule has 0 spiro atoms. The molecule has 0 unspecified atom stereocenters. The Morgan fingerprint density at radius 3 is 2.19 bits per heavy atom. The molecule has 21 heavy (non-hydrogen) atoms. The number of carboxylic acids is 1. The number of carbonyl (C=O) groups excluding carboxylic acids is 1. The van der Waals surface area contributed by atoms with Crippen molar-refractivity contribution in [2.45, 2.75) is 6.92 Å². The van der Waals surface area contributed by atoms with Crippen molar-refractivity contribution in [3.8, 4) is 0 Å². The lowest BCUT2D eigenvalue weighted by Crippen LogP contribution is -2.14. The van der Waals surface area contributed by atoms with E-state index < -0.39 is 23.5 Å². The second-order valence-electron chi connectivity index (χ2n) is 4.42. The lowest BCUT2D eigenvalue weighted by molar-refractivity contribution is 0.0696. The first-order valence-electron chi connectivity index (χ1n) is 5.99. The Labute approximate surface area is 119 Å². The van der Waals surface area contributed by atoms with Crippen molar-refractivity contribution in [2.24, 2.45) is 0 Å². The predicted molar refractivity (Wildman–Crippen MR) is 72.4 cm³/mol. The molecule has 2 rings (SSSR count). The average molecular weight is 291 g/mol. The first-order valence-corrected chi connectivity index (χ1v) is 5.99. The molecule has 0 aliphatic heterocycles. The second-order valence-corrected chi connectivity index (χ2v) is 4.42. The molecule has 2 aromatic carbocycles. The van der Waals surface area contributed by atoms with E-state index in [1.807, 2.05) is 0 Å². The second kappa shape index (κ2) is 5.70. The third kappa shape index (κ3) is 3.22. The zero-order valence-electron chi connectivity index (χ0n) is 11.0. The Kier molecular flexibility index (Phi) is 3.98. The fraction of sp³-hybridized carbons (Fsp3) is 0.0667. The number of amides is 1. The van der Waals surface area contributed by atoms with Gasteiger partial charge in [0.1, 0.15) is 0 Å². The van der Waals surface area contributed by atoms with Gasteiger partial charge in [-0.25, -0.2) is 13.6 Å². The van der Waals surface area contributed by atoms with Crippen LogP contribution in [0.3, 0.4) is 0 Å². The standard InChI is InChI=1S/C15H11F2NO3/c1-8-6-12(16)13(17)7-11(8)14(19)18-10-4-2-9(3-5-10)15(20)21/h2-7H,1H3,(H,18,19)(H,20,21). The van der Waals surface area contributed by atoms with Crippen LogP contribution in [0.1, 0.15) is 26.3 Å². The summed E-state index contributed by atoms with van der Waals surface area (Å²) >= 11 is 0. The normalized spacial score (nSPS) is 10.2. The summed E-state index contributed by atoms with van der Waals surface area (Å²) in [7, 11) is 0. The minimum absolute atomic E-state index is 0.0104. The first-order chi connectivity index (χ1) is 9.88. The fourth-order valence-corrected chi connectivity index (χ4v) is 1.79. The molecule has 0 aromatic heterocycles. The number of carbonyl (C=O) groups is 2. The van der Waals surface area contributed by atoms with Crippen molar-refractivity contribution < 1.29 is 23.5 Å². The molecule has 0 bridgehead atoms. The number of hydrogen-bond acceptors (Lipinski definition) is 2. The molecule has 0 atom stereocenters. The molecule has 2 aromatic rings. The maximum Gasteiger partial charge on any atom is 0.335 e. The third-order valence-corrected chi connectivity index (χ3v) is 2.90. The molecule has 6 heteroatoms. The van der Waals surface area contributed by atoms with E-state index in [0.29, 0.717) is 11.3 Å². The summed E-state index contributed by atoms with van der Waals surface area (Å²) in [5.74, 6) is -3.80. The summed E-state index contributed by atoms with van der Waals surface area (Å²) in [6.45, 7) is 1.49. The quantitative estimate of drug-likeness (QED) is 0.912. The summed E-state index contributed by atoms with van der Waals surface area (Å²) < 4.78 is 26.2. The van der Waals surface area contributed by atoms with Crippen molar-refractivity contribution in [1.29, 1.82) is 0 Å². The van der Waals surface area contributed by atoms with E-state index in [1.165, 1.54) is 31.2 Å². The number of anilines is 1. The number of nitrogens with one attached hydrogen (secondary N) is 1. The highest BCUT2D eigenvalue weighted by Crippen LogP contribution is 2.17. The zero-order chi connectivity index (χ0) is 15.6. The van der Waals surface area contributed by atoms with Gasteiger partial charge >= 0.3 is 5.97 Å². The summed E-state index contributed by atoms with van der Waals surface area (Å²) in [6, 6.07) is 7.25. The fourth-order valence-electron chi connectivity index (χ4n) is 1.79. The molecule has 0 radical (unpaired) electrons. The van der Waals surface area contributed by atoms with Gasteiger partial charge < -0.3 is 10.4 Å².